The summed E-state index contributed by atoms with van der Waals surface area (Å²) in [6, 6.07) is 18.6. The van der Waals surface area contributed by atoms with Crippen LogP contribution in [0.15, 0.2) is 60.8 Å². The van der Waals surface area contributed by atoms with Crippen molar-refractivity contribution in [2.75, 3.05) is 13.2 Å². The Balaban J connectivity index is 1.47. The molecule has 2 aromatic carbocycles. The fourth-order valence-corrected chi connectivity index (χ4v) is 3.48. The molecule has 1 saturated heterocycles. The molecular weight excluding hydrogens is 364 g/mol. The average molecular weight is 388 g/mol. The van der Waals surface area contributed by atoms with Crippen molar-refractivity contribution in [1.82, 2.24) is 9.97 Å². The monoisotopic (exact) mass is 388 g/mol. The van der Waals surface area contributed by atoms with Crippen molar-refractivity contribution in [1.29, 1.82) is 0 Å². The van der Waals surface area contributed by atoms with Crippen molar-refractivity contribution < 1.29 is 14.3 Å². The second-order valence-electron chi connectivity index (χ2n) is 7.40. The molecule has 29 heavy (non-hydrogen) atoms. The van der Waals surface area contributed by atoms with Gasteiger partial charge in [-0.15, -0.1) is 0 Å². The zero-order valence-corrected chi connectivity index (χ0v) is 16.7. The van der Waals surface area contributed by atoms with Crippen molar-refractivity contribution in [3.63, 3.8) is 0 Å². The van der Waals surface area contributed by atoms with Crippen molar-refractivity contribution >= 4 is 5.78 Å². The van der Waals surface area contributed by atoms with E-state index in [0.717, 1.165) is 5.75 Å². The Morgan fingerprint density at radius 3 is 2.28 bits per heavy atom. The molecule has 1 aromatic heterocycles. The molecule has 3 aromatic rings. The molecule has 5 nitrogen and oxygen atoms in total. The normalized spacial score (nSPS) is 14.8. The predicted molar refractivity (Wildman–Crippen MR) is 110 cm³/mol. The van der Waals surface area contributed by atoms with Gasteiger partial charge < -0.3 is 9.47 Å². The van der Waals surface area contributed by atoms with Gasteiger partial charge in [0.25, 0.3) is 0 Å². The van der Waals surface area contributed by atoms with Crippen LogP contribution >= 0.6 is 0 Å². The number of aromatic nitrogens is 2. The first-order valence-electron chi connectivity index (χ1n) is 9.84. The maximum atomic E-state index is 11.8. The van der Waals surface area contributed by atoms with Crippen molar-refractivity contribution in [3.8, 4) is 5.75 Å². The number of hydrogen-bond donors (Lipinski definition) is 0. The van der Waals surface area contributed by atoms with E-state index in [1.807, 2.05) is 12.1 Å². The van der Waals surface area contributed by atoms with E-state index in [1.54, 1.807) is 19.2 Å². The highest BCUT2D eigenvalue weighted by Crippen LogP contribution is 2.39. The van der Waals surface area contributed by atoms with Crippen LogP contribution < -0.4 is 4.74 Å². The lowest BCUT2D eigenvalue weighted by molar-refractivity contribution is -0.0380. The Kier molecular flexibility index (Phi) is 5.41. The summed E-state index contributed by atoms with van der Waals surface area (Å²) in [7, 11) is 0. The summed E-state index contributed by atoms with van der Waals surface area (Å²) >= 11 is 0. The molecule has 1 fully saturated rings. The first-order chi connectivity index (χ1) is 14.1. The number of aryl methyl sites for hydroxylation is 1. The number of ketones is 1. The highest BCUT2D eigenvalue weighted by molar-refractivity contribution is 5.92. The van der Waals surface area contributed by atoms with Crippen molar-refractivity contribution in [3.05, 3.63) is 89.0 Å². The van der Waals surface area contributed by atoms with E-state index in [-0.39, 0.29) is 23.6 Å². The highest BCUT2D eigenvalue weighted by atomic mass is 16.5. The van der Waals surface area contributed by atoms with Gasteiger partial charge >= 0.3 is 0 Å². The average Bonchev–Trinajstić information content (AvgIpc) is 2.73. The van der Waals surface area contributed by atoms with E-state index in [4.69, 9.17) is 9.47 Å². The highest BCUT2D eigenvalue weighted by Gasteiger charge is 2.41. The molecule has 0 saturated carbocycles. The van der Waals surface area contributed by atoms with E-state index in [1.165, 1.54) is 16.7 Å². The molecule has 0 radical (unpaired) electrons. The Labute approximate surface area is 170 Å². The smallest absolute Gasteiger partial charge is 0.199 e. The topological polar surface area (TPSA) is 61.3 Å². The third-order valence-electron chi connectivity index (χ3n) is 5.38. The molecule has 4 rings (SSSR count). The second-order valence-corrected chi connectivity index (χ2v) is 7.40. The molecule has 0 unspecified atom stereocenters. The molecule has 0 bridgehead atoms. The summed E-state index contributed by atoms with van der Waals surface area (Å²) in [5, 5.41) is 0. The van der Waals surface area contributed by atoms with E-state index in [0.29, 0.717) is 25.3 Å². The number of carbonyl (C=O) groups is 1. The molecular formula is C24H24N2O3. The van der Waals surface area contributed by atoms with E-state index in [9.17, 15) is 4.79 Å². The van der Waals surface area contributed by atoms with Gasteiger partial charge in [-0.3, -0.25) is 4.79 Å². The second kappa shape index (κ2) is 8.13. The Bertz CT molecular complexity index is 993. The number of Topliss-reactive ketones (excluding diaryl/α,β-unsaturated/α-hetero) is 1. The predicted octanol–water partition coefficient (Wildman–Crippen LogP) is 4.27. The van der Waals surface area contributed by atoms with Crippen LogP contribution in [0.25, 0.3) is 0 Å². The van der Waals surface area contributed by atoms with Crippen LogP contribution in [0.3, 0.4) is 0 Å². The molecule has 0 spiro atoms. The molecule has 1 aliphatic heterocycles. The van der Waals surface area contributed by atoms with Crippen LogP contribution in [0.4, 0.5) is 0 Å². The number of ether oxygens (including phenoxy) is 2. The molecule has 1 aliphatic rings. The van der Waals surface area contributed by atoms with Crippen LogP contribution in [0, 0.1) is 6.92 Å². The number of carbonyl (C=O) groups excluding carboxylic acids is 1. The lowest BCUT2D eigenvalue weighted by Gasteiger charge is -2.42. The summed E-state index contributed by atoms with van der Waals surface area (Å²) in [6.45, 7) is 5.56. The van der Waals surface area contributed by atoms with Gasteiger partial charge in [-0.25, -0.2) is 9.97 Å². The minimum Gasteiger partial charge on any atom is -0.487 e. The van der Waals surface area contributed by atoms with Gasteiger partial charge in [-0.2, -0.15) is 0 Å². The van der Waals surface area contributed by atoms with Crippen LogP contribution in [-0.4, -0.2) is 29.0 Å². The quantitative estimate of drug-likeness (QED) is 0.566. The number of hydrogen-bond acceptors (Lipinski definition) is 5. The molecule has 0 aliphatic carbocycles. The maximum Gasteiger partial charge on any atom is 0.199 e. The van der Waals surface area contributed by atoms with E-state index in [2.05, 4.69) is 53.3 Å². The van der Waals surface area contributed by atoms with Gasteiger partial charge in [-0.05, 0) is 36.2 Å². The number of nitrogens with zero attached hydrogens (tertiary/aromatic N) is 2. The summed E-state index contributed by atoms with van der Waals surface area (Å²) < 4.78 is 11.4. The molecule has 148 valence electrons. The fraction of sp³-hybridized carbons (Fsp3) is 0.292. The van der Waals surface area contributed by atoms with Crippen molar-refractivity contribution in [2.45, 2.75) is 32.3 Å². The largest absolute Gasteiger partial charge is 0.487 e. The Hall–Kier alpha value is -3.05. The Morgan fingerprint density at radius 1 is 1.03 bits per heavy atom. The van der Waals surface area contributed by atoms with Gasteiger partial charge in [0, 0.05) is 12.6 Å². The number of rotatable bonds is 7. The van der Waals surface area contributed by atoms with Crippen LogP contribution in [0.5, 0.6) is 5.75 Å². The summed E-state index contributed by atoms with van der Waals surface area (Å²) in [5.74, 6) is 0.935. The minimum atomic E-state index is -0.0890. The lowest BCUT2D eigenvalue weighted by Crippen LogP contribution is -2.47. The first-order valence-corrected chi connectivity index (χ1v) is 9.84. The van der Waals surface area contributed by atoms with Gasteiger partial charge in [0.15, 0.2) is 11.6 Å². The van der Waals surface area contributed by atoms with Gasteiger partial charge in [-0.1, -0.05) is 48.9 Å². The van der Waals surface area contributed by atoms with Crippen LogP contribution in [-0.2, 0) is 16.8 Å². The standard InChI is InChI=1S/C24H24N2O3/c1-3-22(27)23-25-13-12-20(26-23)14-29-21-10-8-19(9-11-21)24(15-28-16-24)18-6-4-17(2)5-7-18/h4-13H,3,14-16H2,1-2H3. The fourth-order valence-electron chi connectivity index (χ4n) is 3.48. The molecule has 5 heteroatoms. The molecule has 0 N–H and O–H groups in total. The third kappa shape index (κ3) is 3.91. The van der Waals surface area contributed by atoms with Crippen LogP contribution in [0.2, 0.25) is 0 Å². The zero-order valence-electron chi connectivity index (χ0n) is 16.7. The first kappa shape index (κ1) is 19.3. The summed E-state index contributed by atoms with van der Waals surface area (Å²) in [5.41, 5.74) is 4.34. The van der Waals surface area contributed by atoms with Gasteiger partial charge in [0.1, 0.15) is 12.4 Å². The van der Waals surface area contributed by atoms with Crippen molar-refractivity contribution in [2.24, 2.45) is 0 Å². The molecule has 0 amide bonds. The lowest BCUT2D eigenvalue weighted by atomic mass is 9.73. The molecule has 0 atom stereocenters. The maximum absolute atomic E-state index is 11.8. The summed E-state index contributed by atoms with van der Waals surface area (Å²) in [4.78, 5) is 20.1. The molecule has 2 heterocycles. The summed E-state index contributed by atoms with van der Waals surface area (Å²) in [6.07, 6.45) is 1.98. The Morgan fingerprint density at radius 2 is 1.69 bits per heavy atom. The van der Waals surface area contributed by atoms with Gasteiger partial charge in [0.2, 0.25) is 0 Å². The number of benzene rings is 2. The van der Waals surface area contributed by atoms with E-state index >= 15 is 0 Å². The van der Waals surface area contributed by atoms with Gasteiger partial charge in [0.05, 0.1) is 24.3 Å². The SMILES string of the molecule is CCC(=O)c1nccc(COc2ccc(C3(c4ccc(C)cc4)COC3)cc2)n1. The zero-order chi connectivity index (χ0) is 20.3. The van der Waals surface area contributed by atoms with Crippen LogP contribution in [0.1, 0.15) is 46.3 Å². The van der Waals surface area contributed by atoms with E-state index < -0.39 is 0 Å². The minimum absolute atomic E-state index is 0.0691. The third-order valence-corrected chi connectivity index (χ3v) is 5.38.